The molecule has 2 aromatic rings. The van der Waals surface area contributed by atoms with Crippen LogP contribution in [0.4, 0.5) is 5.82 Å². The molecule has 0 unspecified atom stereocenters. The van der Waals surface area contributed by atoms with Gasteiger partial charge in [-0.05, 0) is 23.1 Å². The van der Waals surface area contributed by atoms with E-state index in [1.165, 1.54) is 0 Å². The second-order valence-corrected chi connectivity index (χ2v) is 8.77. The first-order valence-electron chi connectivity index (χ1n) is 7.53. The first-order valence-corrected chi connectivity index (χ1v) is 9.18. The van der Waals surface area contributed by atoms with Crippen LogP contribution in [0.3, 0.4) is 0 Å². The van der Waals surface area contributed by atoms with E-state index in [1.807, 2.05) is 24.3 Å². The number of benzene rings is 1. The summed E-state index contributed by atoms with van der Waals surface area (Å²) in [5, 5.41) is 4.25. The minimum atomic E-state index is -3.27. The molecule has 1 aromatic heterocycles. The molecule has 1 aliphatic rings. The van der Waals surface area contributed by atoms with Gasteiger partial charge < -0.3 is 4.74 Å². The van der Waals surface area contributed by atoms with Crippen molar-refractivity contribution >= 4 is 15.8 Å². The first-order chi connectivity index (χ1) is 10.7. The molecule has 3 rings (SSSR count). The van der Waals surface area contributed by atoms with Crippen molar-refractivity contribution in [2.24, 2.45) is 5.41 Å². The van der Waals surface area contributed by atoms with Crippen molar-refractivity contribution in [3.05, 3.63) is 30.5 Å². The zero-order valence-electron chi connectivity index (χ0n) is 13.5. The van der Waals surface area contributed by atoms with Crippen LogP contribution in [0.5, 0.6) is 5.75 Å². The van der Waals surface area contributed by atoms with Gasteiger partial charge in [-0.2, -0.15) is 5.10 Å². The molecule has 0 aliphatic carbocycles. The van der Waals surface area contributed by atoms with Crippen molar-refractivity contribution < 1.29 is 13.2 Å². The SMILES string of the molecule is CC(C)(C)COc1ccc(-c2cnn3c2NS(=O)(=O)CC3)cc1. The van der Waals surface area contributed by atoms with Gasteiger partial charge in [0.2, 0.25) is 10.0 Å². The summed E-state index contributed by atoms with van der Waals surface area (Å²) in [5.41, 5.74) is 1.78. The highest BCUT2D eigenvalue weighted by Crippen LogP contribution is 2.32. The van der Waals surface area contributed by atoms with E-state index in [2.05, 4.69) is 30.6 Å². The van der Waals surface area contributed by atoms with Gasteiger partial charge in [0, 0.05) is 5.56 Å². The summed E-state index contributed by atoms with van der Waals surface area (Å²) in [6.07, 6.45) is 1.69. The number of hydrogen-bond acceptors (Lipinski definition) is 4. The number of aryl methyl sites for hydroxylation is 1. The Morgan fingerprint density at radius 1 is 1.26 bits per heavy atom. The molecular formula is C16H21N3O3S. The monoisotopic (exact) mass is 335 g/mol. The van der Waals surface area contributed by atoms with E-state index in [0.717, 1.165) is 16.9 Å². The number of ether oxygens (including phenoxy) is 1. The Kier molecular flexibility index (Phi) is 3.83. The fourth-order valence-corrected chi connectivity index (χ4v) is 3.33. The molecule has 0 fully saturated rings. The molecular weight excluding hydrogens is 314 g/mol. The molecule has 6 nitrogen and oxygen atoms in total. The number of sulfonamides is 1. The zero-order valence-corrected chi connectivity index (χ0v) is 14.4. The minimum absolute atomic E-state index is 0.0563. The topological polar surface area (TPSA) is 73.2 Å². The van der Waals surface area contributed by atoms with Gasteiger partial charge in [0.25, 0.3) is 0 Å². The van der Waals surface area contributed by atoms with Crippen molar-refractivity contribution in [3.63, 3.8) is 0 Å². The Morgan fingerprint density at radius 3 is 2.61 bits per heavy atom. The summed E-state index contributed by atoms with van der Waals surface area (Å²) in [5.74, 6) is 1.38. The number of rotatable bonds is 3. The number of aromatic nitrogens is 2. The Labute approximate surface area is 136 Å². The summed E-state index contributed by atoms with van der Waals surface area (Å²) in [6.45, 7) is 7.36. The van der Waals surface area contributed by atoms with Crippen LogP contribution in [-0.4, -0.2) is 30.6 Å². The van der Waals surface area contributed by atoms with Crippen LogP contribution >= 0.6 is 0 Å². The van der Waals surface area contributed by atoms with Gasteiger partial charge in [-0.15, -0.1) is 0 Å². The molecule has 0 spiro atoms. The third-order valence-corrected chi connectivity index (χ3v) is 4.73. The van der Waals surface area contributed by atoms with Crippen LogP contribution in [0.15, 0.2) is 30.5 Å². The highest BCUT2D eigenvalue weighted by atomic mass is 32.2. The summed E-state index contributed by atoms with van der Waals surface area (Å²) in [4.78, 5) is 0. The molecule has 1 N–H and O–H groups in total. The summed E-state index contributed by atoms with van der Waals surface area (Å²) < 4.78 is 33.5. The molecule has 2 heterocycles. The van der Waals surface area contributed by atoms with E-state index >= 15 is 0 Å². The molecule has 0 saturated heterocycles. The average Bonchev–Trinajstić information content (AvgIpc) is 2.86. The highest BCUT2D eigenvalue weighted by Gasteiger charge is 2.24. The lowest BCUT2D eigenvalue weighted by atomic mass is 9.99. The maximum Gasteiger partial charge on any atom is 0.235 e. The lowest BCUT2D eigenvalue weighted by molar-refractivity contribution is 0.198. The lowest BCUT2D eigenvalue weighted by Gasteiger charge is -2.19. The van der Waals surface area contributed by atoms with Gasteiger partial charge >= 0.3 is 0 Å². The van der Waals surface area contributed by atoms with Gasteiger partial charge in [-0.1, -0.05) is 32.9 Å². The van der Waals surface area contributed by atoms with Gasteiger partial charge in [0.15, 0.2) is 0 Å². The van der Waals surface area contributed by atoms with E-state index in [-0.39, 0.29) is 11.2 Å². The normalized spacial score (nSPS) is 16.5. The van der Waals surface area contributed by atoms with Crippen LogP contribution in [0.1, 0.15) is 20.8 Å². The summed E-state index contributed by atoms with van der Waals surface area (Å²) in [7, 11) is -3.27. The molecule has 0 atom stereocenters. The maximum atomic E-state index is 11.8. The number of anilines is 1. The van der Waals surface area contributed by atoms with Crippen LogP contribution in [0, 0.1) is 5.41 Å². The number of nitrogens with one attached hydrogen (secondary N) is 1. The van der Waals surface area contributed by atoms with Gasteiger partial charge in [-0.25, -0.2) is 13.1 Å². The zero-order chi connectivity index (χ0) is 16.7. The van der Waals surface area contributed by atoms with Gasteiger partial charge in [0.1, 0.15) is 11.6 Å². The average molecular weight is 335 g/mol. The molecule has 124 valence electrons. The predicted molar refractivity (Wildman–Crippen MR) is 90.0 cm³/mol. The van der Waals surface area contributed by atoms with Crippen LogP contribution in [0.2, 0.25) is 0 Å². The molecule has 0 radical (unpaired) electrons. The molecule has 0 saturated carbocycles. The number of nitrogens with zero attached hydrogens (tertiary/aromatic N) is 2. The molecule has 1 aromatic carbocycles. The van der Waals surface area contributed by atoms with Crippen molar-refractivity contribution in [2.45, 2.75) is 27.3 Å². The lowest BCUT2D eigenvalue weighted by Crippen LogP contribution is -2.28. The molecule has 23 heavy (non-hydrogen) atoms. The third kappa shape index (κ3) is 3.67. The largest absolute Gasteiger partial charge is 0.493 e. The van der Waals surface area contributed by atoms with Crippen LogP contribution in [-0.2, 0) is 16.6 Å². The Balaban J connectivity index is 1.82. The van der Waals surface area contributed by atoms with E-state index < -0.39 is 10.0 Å². The number of fused-ring (bicyclic) bond motifs is 1. The molecule has 0 amide bonds. The Morgan fingerprint density at radius 2 is 1.96 bits per heavy atom. The molecule has 0 bridgehead atoms. The fourth-order valence-electron chi connectivity index (χ4n) is 2.31. The second kappa shape index (κ2) is 5.56. The van der Waals surface area contributed by atoms with Crippen LogP contribution < -0.4 is 9.46 Å². The Hall–Kier alpha value is -2.02. The quantitative estimate of drug-likeness (QED) is 0.936. The minimum Gasteiger partial charge on any atom is -0.493 e. The first kappa shape index (κ1) is 15.9. The third-order valence-electron chi connectivity index (χ3n) is 3.50. The summed E-state index contributed by atoms with van der Waals surface area (Å²) in [6, 6.07) is 7.61. The van der Waals surface area contributed by atoms with Crippen molar-refractivity contribution in [1.82, 2.24) is 9.78 Å². The Bertz CT molecular complexity index is 802. The molecule has 7 heteroatoms. The van der Waals surface area contributed by atoms with E-state index in [9.17, 15) is 8.42 Å². The van der Waals surface area contributed by atoms with Gasteiger partial charge in [-0.3, -0.25) is 4.72 Å². The van der Waals surface area contributed by atoms with Crippen LogP contribution in [0.25, 0.3) is 11.1 Å². The van der Waals surface area contributed by atoms with Crippen molar-refractivity contribution in [3.8, 4) is 16.9 Å². The van der Waals surface area contributed by atoms with E-state index in [1.54, 1.807) is 10.9 Å². The molecule has 1 aliphatic heterocycles. The highest BCUT2D eigenvalue weighted by molar-refractivity contribution is 7.92. The van der Waals surface area contributed by atoms with E-state index in [4.69, 9.17) is 4.74 Å². The smallest absolute Gasteiger partial charge is 0.235 e. The standard InChI is InChI=1S/C16H21N3O3S/c1-16(2,3)11-22-13-6-4-12(5-7-13)14-10-17-19-8-9-23(20,21)18-15(14)19/h4-7,10,18H,8-9,11H2,1-3H3. The van der Waals surface area contributed by atoms with E-state index in [0.29, 0.717) is 19.0 Å². The van der Waals surface area contributed by atoms with Crippen molar-refractivity contribution in [1.29, 1.82) is 0 Å². The second-order valence-electron chi connectivity index (χ2n) is 6.92. The predicted octanol–water partition coefficient (Wildman–Crippen LogP) is 2.73. The maximum absolute atomic E-state index is 11.8. The fraction of sp³-hybridized carbons (Fsp3) is 0.438. The van der Waals surface area contributed by atoms with Gasteiger partial charge in [0.05, 0.1) is 25.1 Å². The summed E-state index contributed by atoms with van der Waals surface area (Å²) >= 11 is 0. The van der Waals surface area contributed by atoms with Crippen molar-refractivity contribution in [2.75, 3.05) is 17.1 Å². The number of hydrogen-bond donors (Lipinski definition) is 1.